The second-order valence-corrected chi connectivity index (χ2v) is 5.36. The zero-order valence-corrected chi connectivity index (χ0v) is 12.7. The number of halogens is 1. The molecule has 106 valence electrons. The number of nitrogens with zero attached hydrogens (tertiary/aromatic N) is 6. The molecule has 1 aliphatic heterocycles. The van der Waals surface area contributed by atoms with Gasteiger partial charge in [0.1, 0.15) is 0 Å². The summed E-state index contributed by atoms with van der Waals surface area (Å²) in [6.45, 7) is 8.36. The normalized spacial score (nSPS) is 20.7. The molecule has 1 aromatic heterocycles. The van der Waals surface area contributed by atoms with Crippen LogP contribution in [0.2, 0.25) is 5.28 Å². The number of piperazine rings is 1. The molecule has 0 aliphatic carbocycles. The fourth-order valence-corrected chi connectivity index (χ4v) is 2.47. The van der Waals surface area contributed by atoms with Gasteiger partial charge in [0.2, 0.25) is 17.2 Å². The molecule has 1 fully saturated rings. The molecule has 0 bridgehead atoms. The minimum absolute atomic E-state index is 0.249. The molecule has 7 heteroatoms. The first kappa shape index (κ1) is 14.3. The largest absolute Gasteiger partial charge is 0.347 e. The van der Waals surface area contributed by atoms with Gasteiger partial charge in [-0.3, -0.25) is 4.90 Å². The Hall–Kier alpha value is -1.14. The van der Waals surface area contributed by atoms with E-state index in [0.717, 1.165) is 26.2 Å². The van der Waals surface area contributed by atoms with E-state index >= 15 is 0 Å². The van der Waals surface area contributed by atoms with E-state index in [-0.39, 0.29) is 5.28 Å². The lowest BCUT2D eigenvalue weighted by Crippen LogP contribution is -2.52. The average molecular weight is 285 g/mol. The molecule has 0 N–H and O–H groups in total. The second-order valence-electron chi connectivity index (χ2n) is 5.02. The van der Waals surface area contributed by atoms with Crippen LogP contribution in [0.3, 0.4) is 0 Å². The van der Waals surface area contributed by atoms with Crippen LogP contribution in [0.4, 0.5) is 11.9 Å². The number of hydrogen-bond acceptors (Lipinski definition) is 6. The van der Waals surface area contributed by atoms with E-state index in [1.807, 2.05) is 19.0 Å². The Balaban J connectivity index is 2.18. The molecule has 1 aromatic rings. The molecule has 1 unspecified atom stereocenters. The molecule has 1 aliphatic rings. The summed E-state index contributed by atoms with van der Waals surface area (Å²) in [4.78, 5) is 19.3. The van der Waals surface area contributed by atoms with Gasteiger partial charge in [-0.05, 0) is 25.1 Å². The molecular weight excluding hydrogens is 264 g/mol. The van der Waals surface area contributed by atoms with Crippen molar-refractivity contribution in [2.45, 2.75) is 19.9 Å². The molecule has 0 spiro atoms. The number of likely N-dealkylation sites (N-methyl/N-ethyl adjacent to an activating group) is 1. The van der Waals surface area contributed by atoms with Crippen molar-refractivity contribution in [3.05, 3.63) is 5.28 Å². The van der Waals surface area contributed by atoms with Crippen LogP contribution in [-0.4, -0.2) is 66.2 Å². The Labute approximate surface area is 119 Å². The maximum atomic E-state index is 5.98. The summed E-state index contributed by atoms with van der Waals surface area (Å²) in [6.07, 6.45) is 0. The quantitative estimate of drug-likeness (QED) is 0.829. The lowest BCUT2D eigenvalue weighted by Gasteiger charge is -2.39. The van der Waals surface area contributed by atoms with E-state index in [1.165, 1.54) is 0 Å². The topological polar surface area (TPSA) is 48.4 Å². The van der Waals surface area contributed by atoms with E-state index in [4.69, 9.17) is 11.6 Å². The zero-order chi connectivity index (χ0) is 14.0. The first-order valence-corrected chi connectivity index (χ1v) is 6.97. The lowest BCUT2D eigenvalue weighted by atomic mass is 10.2. The van der Waals surface area contributed by atoms with Gasteiger partial charge >= 0.3 is 0 Å². The Kier molecular flexibility index (Phi) is 4.42. The van der Waals surface area contributed by atoms with Crippen LogP contribution >= 0.6 is 11.6 Å². The highest BCUT2D eigenvalue weighted by Crippen LogP contribution is 2.18. The summed E-state index contributed by atoms with van der Waals surface area (Å²) < 4.78 is 0. The van der Waals surface area contributed by atoms with Crippen LogP contribution in [0, 0.1) is 0 Å². The first-order valence-electron chi connectivity index (χ1n) is 6.59. The van der Waals surface area contributed by atoms with Crippen LogP contribution < -0.4 is 9.80 Å². The van der Waals surface area contributed by atoms with Gasteiger partial charge in [0.25, 0.3) is 0 Å². The highest BCUT2D eigenvalue weighted by molar-refractivity contribution is 6.28. The average Bonchev–Trinajstić information content (AvgIpc) is 2.37. The Morgan fingerprint density at radius 2 is 2.00 bits per heavy atom. The van der Waals surface area contributed by atoms with E-state index in [2.05, 4.69) is 38.6 Å². The Morgan fingerprint density at radius 1 is 1.26 bits per heavy atom. The van der Waals surface area contributed by atoms with Gasteiger partial charge in [-0.15, -0.1) is 0 Å². The molecule has 2 rings (SSSR count). The third kappa shape index (κ3) is 3.25. The van der Waals surface area contributed by atoms with Crippen molar-refractivity contribution in [3.8, 4) is 0 Å². The van der Waals surface area contributed by atoms with Crippen molar-refractivity contribution in [2.24, 2.45) is 0 Å². The first-order chi connectivity index (χ1) is 9.01. The SMILES string of the molecule is CCN1CCN(c2nc(Cl)nc(N(C)C)n2)CC1C. The van der Waals surface area contributed by atoms with Gasteiger partial charge < -0.3 is 9.80 Å². The molecule has 1 saturated heterocycles. The van der Waals surface area contributed by atoms with E-state index in [0.29, 0.717) is 17.9 Å². The molecule has 1 atom stereocenters. The van der Waals surface area contributed by atoms with Crippen molar-refractivity contribution < 1.29 is 0 Å². The maximum absolute atomic E-state index is 5.98. The standard InChI is InChI=1S/C12H21ClN6/c1-5-18-6-7-19(8-9(18)2)12-15-10(13)14-11(16-12)17(3)4/h9H,5-8H2,1-4H3. The van der Waals surface area contributed by atoms with Crippen LogP contribution in [0.25, 0.3) is 0 Å². The summed E-state index contributed by atoms with van der Waals surface area (Å²) in [6, 6.07) is 0.497. The summed E-state index contributed by atoms with van der Waals surface area (Å²) in [5.41, 5.74) is 0. The minimum Gasteiger partial charge on any atom is -0.347 e. The fraction of sp³-hybridized carbons (Fsp3) is 0.750. The Morgan fingerprint density at radius 3 is 2.58 bits per heavy atom. The third-order valence-electron chi connectivity index (χ3n) is 3.44. The van der Waals surface area contributed by atoms with Crippen LogP contribution in [0.5, 0.6) is 0 Å². The number of aromatic nitrogens is 3. The minimum atomic E-state index is 0.249. The number of hydrogen-bond donors (Lipinski definition) is 0. The fourth-order valence-electron chi connectivity index (χ4n) is 2.32. The predicted molar refractivity (Wildman–Crippen MR) is 78.1 cm³/mol. The molecular formula is C12H21ClN6. The van der Waals surface area contributed by atoms with Gasteiger partial charge in [0.05, 0.1) is 0 Å². The van der Waals surface area contributed by atoms with Crippen molar-refractivity contribution >= 4 is 23.5 Å². The van der Waals surface area contributed by atoms with E-state index in [9.17, 15) is 0 Å². The molecule has 0 aromatic carbocycles. The van der Waals surface area contributed by atoms with Crippen LogP contribution in [0.1, 0.15) is 13.8 Å². The van der Waals surface area contributed by atoms with Crippen LogP contribution in [0.15, 0.2) is 0 Å². The summed E-state index contributed by atoms with van der Waals surface area (Å²) in [5.74, 6) is 1.27. The highest BCUT2D eigenvalue weighted by atomic mass is 35.5. The monoisotopic (exact) mass is 284 g/mol. The van der Waals surface area contributed by atoms with Crippen molar-refractivity contribution in [2.75, 3.05) is 50.1 Å². The van der Waals surface area contributed by atoms with Crippen molar-refractivity contribution in [3.63, 3.8) is 0 Å². The molecule has 19 heavy (non-hydrogen) atoms. The lowest BCUT2D eigenvalue weighted by molar-refractivity contribution is 0.198. The van der Waals surface area contributed by atoms with E-state index in [1.54, 1.807) is 0 Å². The summed E-state index contributed by atoms with van der Waals surface area (Å²) >= 11 is 5.98. The molecule has 0 saturated carbocycles. The van der Waals surface area contributed by atoms with Gasteiger partial charge in [-0.25, -0.2) is 0 Å². The van der Waals surface area contributed by atoms with Crippen molar-refractivity contribution in [1.82, 2.24) is 19.9 Å². The summed E-state index contributed by atoms with van der Waals surface area (Å²) in [7, 11) is 3.79. The van der Waals surface area contributed by atoms with Gasteiger partial charge in [0.15, 0.2) is 0 Å². The highest BCUT2D eigenvalue weighted by Gasteiger charge is 2.24. The van der Waals surface area contributed by atoms with Gasteiger partial charge in [0, 0.05) is 39.8 Å². The van der Waals surface area contributed by atoms with Gasteiger partial charge in [-0.2, -0.15) is 15.0 Å². The molecule has 2 heterocycles. The second kappa shape index (κ2) is 5.88. The smallest absolute Gasteiger partial charge is 0.231 e. The summed E-state index contributed by atoms with van der Waals surface area (Å²) in [5, 5.41) is 0.249. The van der Waals surface area contributed by atoms with E-state index < -0.39 is 0 Å². The molecule has 0 radical (unpaired) electrons. The van der Waals surface area contributed by atoms with Crippen LogP contribution in [-0.2, 0) is 0 Å². The number of anilines is 2. The molecule has 6 nitrogen and oxygen atoms in total. The Bertz CT molecular complexity index is 438. The third-order valence-corrected chi connectivity index (χ3v) is 3.61. The predicted octanol–water partition coefficient (Wildman–Crippen LogP) is 1.12. The molecule has 0 amide bonds. The maximum Gasteiger partial charge on any atom is 0.231 e. The van der Waals surface area contributed by atoms with Gasteiger partial charge in [-0.1, -0.05) is 6.92 Å². The van der Waals surface area contributed by atoms with Crippen molar-refractivity contribution in [1.29, 1.82) is 0 Å². The number of rotatable bonds is 3. The zero-order valence-electron chi connectivity index (χ0n) is 12.0.